The lowest BCUT2D eigenvalue weighted by atomic mass is 10.1. The molecular weight excluding hydrogens is 196 g/mol. The molecule has 0 aliphatic heterocycles. The van der Waals surface area contributed by atoms with Crippen LogP contribution in [0.5, 0.6) is 0 Å². The SMILES string of the molecule is Cc1cnc(Cl)nc1-c1c[c]ccc1. The maximum atomic E-state index is 5.73. The van der Waals surface area contributed by atoms with Crippen molar-refractivity contribution in [1.82, 2.24) is 9.97 Å². The fourth-order valence-corrected chi connectivity index (χ4v) is 1.39. The summed E-state index contributed by atoms with van der Waals surface area (Å²) in [5.41, 5.74) is 2.88. The number of rotatable bonds is 1. The predicted molar refractivity (Wildman–Crippen MR) is 56.1 cm³/mol. The van der Waals surface area contributed by atoms with Gasteiger partial charge in [-0.2, -0.15) is 0 Å². The molecule has 0 aliphatic rings. The highest BCUT2D eigenvalue weighted by molar-refractivity contribution is 6.28. The van der Waals surface area contributed by atoms with Crippen molar-refractivity contribution in [2.75, 3.05) is 0 Å². The molecule has 0 saturated heterocycles. The van der Waals surface area contributed by atoms with Crippen LogP contribution in [0.1, 0.15) is 5.56 Å². The highest BCUT2D eigenvalue weighted by Gasteiger charge is 2.04. The summed E-state index contributed by atoms with van der Waals surface area (Å²) < 4.78 is 0. The number of aromatic nitrogens is 2. The molecule has 2 nitrogen and oxygen atoms in total. The van der Waals surface area contributed by atoms with Gasteiger partial charge < -0.3 is 0 Å². The monoisotopic (exact) mass is 203 g/mol. The van der Waals surface area contributed by atoms with E-state index in [0.29, 0.717) is 0 Å². The van der Waals surface area contributed by atoms with Crippen LogP contribution in [0, 0.1) is 13.0 Å². The Bertz CT molecular complexity index is 440. The van der Waals surface area contributed by atoms with Gasteiger partial charge >= 0.3 is 0 Å². The molecule has 0 amide bonds. The van der Waals surface area contributed by atoms with Crippen molar-refractivity contribution in [3.63, 3.8) is 0 Å². The first-order chi connectivity index (χ1) is 6.77. The van der Waals surface area contributed by atoms with Crippen molar-refractivity contribution in [3.05, 3.63) is 47.4 Å². The van der Waals surface area contributed by atoms with Crippen molar-refractivity contribution >= 4 is 11.6 Å². The van der Waals surface area contributed by atoms with Crippen LogP contribution in [0.25, 0.3) is 11.3 Å². The molecule has 1 aromatic heterocycles. The minimum Gasteiger partial charge on any atom is -0.226 e. The highest BCUT2D eigenvalue weighted by atomic mass is 35.5. The van der Waals surface area contributed by atoms with Crippen LogP contribution in [-0.4, -0.2) is 9.97 Å². The standard InChI is InChI=1S/C11H8ClN2/c1-8-7-13-11(12)14-10(8)9-5-3-2-4-6-9/h2-3,5-7H,1H3. The van der Waals surface area contributed by atoms with Crippen molar-refractivity contribution in [1.29, 1.82) is 0 Å². The molecule has 14 heavy (non-hydrogen) atoms. The average molecular weight is 204 g/mol. The van der Waals surface area contributed by atoms with Gasteiger partial charge in [0, 0.05) is 11.8 Å². The average Bonchev–Trinajstić information content (AvgIpc) is 2.23. The lowest BCUT2D eigenvalue weighted by molar-refractivity contribution is 1.13. The van der Waals surface area contributed by atoms with Crippen molar-refractivity contribution in [2.24, 2.45) is 0 Å². The van der Waals surface area contributed by atoms with E-state index in [1.807, 2.05) is 31.2 Å². The molecule has 0 aliphatic carbocycles. The van der Waals surface area contributed by atoms with Gasteiger partial charge in [-0.1, -0.05) is 18.2 Å². The molecule has 0 N–H and O–H groups in total. The fraction of sp³-hybridized carbons (Fsp3) is 0.0909. The Morgan fingerprint density at radius 3 is 3.00 bits per heavy atom. The second-order valence-electron chi connectivity index (χ2n) is 2.96. The summed E-state index contributed by atoms with van der Waals surface area (Å²) in [6.07, 6.45) is 1.72. The molecule has 0 spiro atoms. The Morgan fingerprint density at radius 1 is 1.43 bits per heavy atom. The van der Waals surface area contributed by atoms with Crippen LogP contribution in [0.4, 0.5) is 0 Å². The summed E-state index contributed by atoms with van der Waals surface area (Å²) >= 11 is 5.73. The third-order valence-corrected chi connectivity index (χ3v) is 2.10. The van der Waals surface area contributed by atoms with Crippen LogP contribution < -0.4 is 0 Å². The van der Waals surface area contributed by atoms with E-state index < -0.39 is 0 Å². The van der Waals surface area contributed by atoms with E-state index in [0.717, 1.165) is 16.8 Å². The van der Waals surface area contributed by atoms with E-state index >= 15 is 0 Å². The van der Waals surface area contributed by atoms with Gasteiger partial charge in [-0.15, -0.1) is 0 Å². The molecule has 1 heterocycles. The quantitative estimate of drug-likeness (QED) is 0.666. The Hall–Kier alpha value is -1.41. The molecule has 3 heteroatoms. The predicted octanol–water partition coefficient (Wildman–Crippen LogP) is 2.91. The first-order valence-corrected chi connectivity index (χ1v) is 4.61. The van der Waals surface area contributed by atoms with Gasteiger partial charge in [0.05, 0.1) is 5.69 Å². The fourth-order valence-electron chi connectivity index (χ4n) is 1.25. The number of benzene rings is 1. The third-order valence-electron chi connectivity index (χ3n) is 1.92. The smallest absolute Gasteiger partial charge is 0.222 e. The van der Waals surface area contributed by atoms with Gasteiger partial charge in [-0.3, -0.25) is 0 Å². The van der Waals surface area contributed by atoms with E-state index in [1.165, 1.54) is 0 Å². The minimum absolute atomic E-state index is 0.273. The Kier molecular flexibility index (Phi) is 2.46. The molecule has 0 unspecified atom stereocenters. The van der Waals surface area contributed by atoms with Crippen LogP contribution >= 0.6 is 11.6 Å². The second-order valence-corrected chi connectivity index (χ2v) is 3.30. The van der Waals surface area contributed by atoms with E-state index in [-0.39, 0.29) is 5.28 Å². The van der Waals surface area contributed by atoms with Gasteiger partial charge in [0.25, 0.3) is 0 Å². The molecule has 2 aromatic rings. The van der Waals surface area contributed by atoms with Crippen molar-refractivity contribution in [3.8, 4) is 11.3 Å². The van der Waals surface area contributed by atoms with E-state index in [9.17, 15) is 0 Å². The summed E-state index contributed by atoms with van der Waals surface area (Å²) in [6, 6.07) is 10.6. The molecule has 0 atom stereocenters. The topological polar surface area (TPSA) is 25.8 Å². The molecule has 1 aromatic carbocycles. The molecule has 0 fully saturated rings. The Balaban J connectivity index is 2.57. The van der Waals surface area contributed by atoms with Gasteiger partial charge in [0.15, 0.2) is 0 Å². The summed E-state index contributed by atoms with van der Waals surface area (Å²) in [4.78, 5) is 8.09. The van der Waals surface area contributed by atoms with Crippen LogP contribution in [0.2, 0.25) is 5.28 Å². The van der Waals surface area contributed by atoms with Crippen molar-refractivity contribution < 1.29 is 0 Å². The highest BCUT2D eigenvalue weighted by Crippen LogP contribution is 2.20. The molecule has 1 radical (unpaired) electrons. The first kappa shape index (κ1) is 9.16. The number of nitrogens with zero attached hydrogens (tertiary/aromatic N) is 2. The van der Waals surface area contributed by atoms with Gasteiger partial charge in [-0.05, 0) is 36.2 Å². The zero-order valence-corrected chi connectivity index (χ0v) is 8.42. The van der Waals surface area contributed by atoms with Gasteiger partial charge in [0.2, 0.25) is 5.28 Å². The van der Waals surface area contributed by atoms with Gasteiger partial charge in [-0.25, -0.2) is 9.97 Å². The zero-order valence-electron chi connectivity index (χ0n) is 7.66. The summed E-state index contributed by atoms with van der Waals surface area (Å²) in [7, 11) is 0. The molecule has 69 valence electrons. The number of hydrogen-bond donors (Lipinski definition) is 0. The lowest BCUT2D eigenvalue weighted by Crippen LogP contribution is -1.91. The minimum atomic E-state index is 0.273. The summed E-state index contributed by atoms with van der Waals surface area (Å²) in [5, 5.41) is 0.273. The number of hydrogen-bond acceptors (Lipinski definition) is 2. The summed E-state index contributed by atoms with van der Waals surface area (Å²) in [6.45, 7) is 1.96. The zero-order chi connectivity index (χ0) is 9.97. The van der Waals surface area contributed by atoms with Crippen LogP contribution in [-0.2, 0) is 0 Å². The largest absolute Gasteiger partial charge is 0.226 e. The number of aryl methyl sites for hydroxylation is 1. The van der Waals surface area contributed by atoms with Crippen molar-refractivity contribution in [2.45, 2.75) is 6.92 Å². The molecule has 0 bridgehead atoms. The van der Waals surface area contributed by atoms with E-state index in [4.69, 9.17) is 11.6 Å². The van der Waals surface area contributed by atoms with Crippen LogP contribution in [0.3, 0.4) is 0 Å². The van der Waals surface area contributed by atoms with E-state index in [1.54, 1.807) is 6.20 Å². The maximum Gasteiger partial charge on any atom is 0.222 e. The first-order valence-electron chi connectivity index (χ1n) is 4.23. The Morgan fingerprint density at radius 2 is 2.29 bits per heavy atom. The lowest BCUT2D eigenvalue weighted by Gasteiger charge is -2.03. The van der Waals surface area contributed by atoms with E-state index in [2.05, 4.69) is 16.0 Å². The summed E-state index contributed by atoms with van der Waals surface area (Å²) in [5.74, 6) is 0. The maximum absolute atomic E-state index is 5.73. The second kappa shape index (κ2) is 3.76. The molecule has 0 saturated carbocycles. The Labute approximate surface area is 87.6 Å². The molecular formula is C11H8ClN2. The van der Waals surface area contributed by atoms with Gasteiger partial charge in [0.1, 0.15) is 0 Å². The number of halogens is 1. The third kappa shape index (κ3) is 1.75. The molecule has 2 rings (SSSR count). The normalized spacial score (nSPS) is 10.1. The van der Waals surface area contributed by atoms with Crippen LogP contribution in [0.15, 0.2) is 30.5 Å².